The monoisotopic (exact) mass is 405 g/mol. The summed E-state index contributed by atoms with van der Waals surface area (Å²) in [6.45, 7) is 1.02. The third kappa shape index (κ3) is 4.74. The predicted octanol–water partition coefficient (Wildman–Crippen LogP) is 3.25. The minimum absolute atomic E-state index is 0.00238. The van der Waals surface area contributed by atoms with Crippen molar-refractivity contribution in [3.63, 3.8) is 0 Å². The van der Waals surface area contributed by atoms with Gasteiger partial charge in [0.25, 0.3) is 0 Å². The molecule has 1 aromatic heterocycles. The van der Waals surface area contributed by atoms with Crippen LogP contribution >= 0.6 is 11.3 Å². The van der Waals surface area contributed by atoms with E-state index in [2.05, 4.69) is 14.6 Å². The third-order valence-corrected chi connectivity index (χ3v) is 6.32. The van der Waals surface area contributed by atoms with Gasteiger partial charge in [-0.1, -0.05) is 18.2 Å². The molecule has 1 saturated heterocycles. The number of nitrogens with zero attached hydrogens (tertiary/aromatic N) is 2. The maximum atomic E-state index is 12.8. The normalized spacial score (nSPS) is 18.4. The minimum Gasteiger partial charge on any atom is -0.344 e. The number of anilines is 1. The largest absolute Gasteiger partial charge is 0.416 e. The van der Waals surface area contributed by atoms with Gasteiger partial charge in [0.1, 0.15) is 0 Å². The molecule has 0 aliphatic carbocycles. The summed E-state index contributed by atoms with van der Waals surface area (Å²) in [6, 6.07) is 4.39. The summed E-state index contributed by atoms with van der Waals surface area (Å²) in [5, 5.41) is 2.72. The Hall–Kier alpha value is -1.65. The van der Waals surface area contributed by atoms with Gasteiger partial charge in [0.05, 0.1) is 11.3 Å². The molecule has 1 atom stereocenters. The fourth-order valence-corrected chi connectivity index (χ4v) is 4.90. The number of hydrogen-bond donors (Lipinski definition) is 1. The molecule has 0 radical (unpaired) electrons. The number of nitrogens with one attached hydrogen (secondary N) is 1. The van der Waals surface area contributed by atoms with Gasteiger partial charge >= 0.3 is 6.18 Å². The second-order valence-electron chi connectivity index (χ2n) is 6.11. The van der Waals surface area contributed by atoms with E-state index in [-0.39, 0.29) is 18.2 Å². The van der Waals surface area contributed by atoms with Crippen molar-refractivity contribution in [2.24, 2.45) is 0 Å². The van der Waals surface area contributed by atoms with Crippen LogP contribution in [0.25, 0.3) is 0 Å². The molecule has 142 valence electrons. The van der Waals surface area contributed by atoms with Gasteiger partial charge in [-0.3, -0.25) is 0 Å². The second-order valence-corrected chi connectivity index (χ2v) is 8.79. The zero-order chi connectivity index (χ0) is 18.8. The van der Waals surface area contributed by atoms with Crippen LogP contribution in [-0.4, -0.2) is 32.5 Å². The van der Waals surface area contributed by atoms with E-state index in [0.29, 0.717) is 0 Å². The molecule has 0 saturated carbocycles. The van der Waals surface area contributed by atoms with Crippen LogP contribution in [0.2, 0.25) is 0 Å². The van der Waals surface area contributed by atoms with E-state index in [4.69, 9.17) is 0 Å². The highest BCUT2D eigenvalue weighted by atomic mass is 32.2. The van der Waals surface area contributed by atoms with Crippen molar-refractivity contribution in [1.82, 2.24) is 9.71 Å². The molecule has 1 aliphatic heterocycles. The van der Waals surface area contributed by atoms with E-state index in [9.17, 15) is 21.6 Å². The summed E-state index contributed by atoms with van der Waals surface area (Å²) >= 11 is 1.49. The fraction of sp³-hybridized carbons (Fsp3) is 0.438. The van der Waals surface area contributed by atoms with E-state index < -0.39 is 27.5 Å². The SMILES string of the molecule is O=S(=O)(Cc1cccc(C(F)(F)F)c1)NC[C@H]1CCCN1c1nccs1. The number of benzene rings is 1. The van der Waals surface area contributed by atoms with Gasteiger partial charge < -0.3 is 4.90 Å². The van der Waals surface area contributed by atoms with Gasteiger partial charge in [0, 0.05) is 30.7 Å². The zero-order valence-electron chi connectivity index (χ0n) is 13.7. The Bertz CT molecular complexity index is 839. The Kier molecular flexibility index (Phi) is 5.54. The van der Waals surface area contributed by atoms with Crippen molar-refractivity contribution in [3.8, 4) is 0 Å². The molecular weight excluding hydrogens is 387 g/mol. The molecule has 5 nitrogen and oxygen atoms in total. The lowest BCUT2D eigenvalue weighted by atomic mass is 10.1. The molecule has 1 N–H and O–H groups in total. The Morgan fingerprint density at radius 1 is 1.35 bits per heavy atom. The van der Waals surface area contributed by atoms with Gasteiger partial charge in [-0.05, 0) is 24.5 Å². The van der Waals surface area contributed by atoms with Gasteiger partial charge in [-0.2, -0.15) is 13.2 Å². The van der Waals surface area contributed by atoms with Crippen LogP contribution in [-0.2, 0) is 22.0 Å². The first-order chi connectivity index (χ1) is 12.2. The van der Waals surface area contributed by atoms with Crippen LogP contribution in [0.15, 0.2) is 35.8 Å². The number of aromatic nitrogens is 1. The minimum atomic E-state index is -4.49. The molecule has 1 fully saturated rings. The highest BCUT2D eigenvalue weighted by molar-refractivity contribution is 7.88. The van der Waals surface area contributed by atoms with Crippen molar-refractivity contribution >= 4 is 26.5 Å². The molecule has 1 aliphatic rings. The number of alkyl halides is 3. The van der Waals surface area contributed by atoms with E-state index in [1.165, 1.54) is 23.5 Å². The predicted molar refractivity (Wildman–Crippen MR) is 94.6 cm³/mol. The van der Waals surface area contributed by atoms with Crippen LogP contribution in [0.3, 0.4) is 0 Å². The smallest absolute Gasteiger partial charge is 0.344 e. The van der Waals surface area contributed by atoms with Crippen molar-refractivity contribution < 1.29 is 21.6 Å². The van der Waals surface area contributed by atoms with Crippen LogP contribution in [0, 0.1) is 0 Å². The summed E-state index contributed by atoms with van der Waals surface area (Å²) in [4.78, 5) is 6.32. The third-order valence-electron chi connectivity index (χ3n) is 4.19. The van der Waals surface area contributed by atoms with Crippen LogP contribution in [0.5, 0.6) is 0 Å². The lowest BCUT2D eigenvalue weighted by Crippen LogP contribution is -2.40. The summed E-state index contributed by atoms with van der Waals surface area (Å²) in [5.74, 6) is -0.485. The van der Waals surface area contributed by atoms with Crippen molar-refractivity contribution in [2.45, 2.75) is 30.8 Å². The lowest BCUT2D eigenvalue weighted by molar-refractivity contribution is -0.137. The summed E-state index contributed by atoms with van der Waals surface area (Å²) < 4.78 is 65.4. The molecule has 0 unspecified atom stereocenters. The number of halogens is 3. The molecule has 2 aromatic rings. The lowest BCUT2D eigenvalue weighted by Gasteiger charge is -2.24. The van der Waals surface area contributed by atoms with E-state index in [1.54, 1.807) is 6.20 Å². The first kappa shape index (κ1) is 19.1. The summed E-state index contributed by atoms with van der Waals surface area (Å²) in [7, 11) is -3.74. The Morgan fingerprint density at radius 3 is 2.85 bits per heavy atom. The molecule has 0 amide bonds. The van der Waals surface area contributed by atoms with Gasteiger partial charge in [-0.15, -0.1) is 11.3 Å². The molecule has 0 bridgehead atoms. The van der Waals surface area contributed by atoms with Crippen molar-refractivity contribution in [2.75, 3.05) is 18.0 Å². The van der Waals surface area contributed by atoms with Crippen LogP contribution in [0.1, 0.15) is 24.0 Å². The molecule has 26 heavy (non-hydrogen) atoms. The average Bonchev–Trinajstić information content (AvgIpc) is 3.23. The molecule has 2 heterocycles. The topological polar surface area (TPSA) is 62.3 Å². The highest BCUT2D eigenvalue weighted by Crippen LogP contribution is 2.30. The van der Waals surface area contributed by atoms with E-state index >= 15 is 0 Å². The van der Waals surface area contributed by atoms with Gasteiger partial charge in [0.2, 0.25) is 10.0 Å². The van der Waals surface area contributed by atoms with Crippen molar-refractivity contribution in [1.29, 1.82) is 0 Å². The second kappa shape index (κ2) is 7.53. The van der Waals surface area contributed by atoms with Gasteiger partial charge in [0.15, 0.2) is 5.13 Å². The Labute approximate surface area is 153 Å². The molecular formula is C16H18F3N3O2S2. The fourth-order valence-electron chi connectivity index (χ4n) is 2.99. The number of rotatable bonds is 6. The first-order valence-corrected chi connectivity index (χ1v) is 10.6. The number of thiazole rings is 1. The maximum absolute atomic E-state index is 12.8. The molecule has 0 spiro atoms. The van der Waals surface area contributed by atoms with Crippen molar-refractivity contribution in [3.05, 3.63) is 47.0 Å². The molecule has 1 aromatic carbocycles. The van der Waals surface area contributed by atoms with E-state index in [0.717, 1.165) is 36.7 Å². The standard InChI is InChI=1S/C16H18F3N3O2S2/c17-16(18,19)13-4-1-3-12(9-13)11-26(23,24)21-10-14-5-2-7-22(14)15-20-6-8-25-15/h1,3-4,6,8-9,14,21H,2,5,7,10-11H2/t14-/m1/s1. The zero-order valence-corrected chi connectivity index (χ0v) is 15.4. The van der Waals surface area contributed by atoms with Crippen LogP contribution < -0.4 is 9.62 Å². The quantitative estimate of drug-likeness (QED) is 0.802. The summed E-state index contributed by atoms with van der Waals surface area (Å²) in [6.07, 6.45) is -1.01. The number of sulfonamides is 1. The van der Waals surface area contributed by atoms with Gasteiger partial charge in [-0.25, -0.2) is 18.1 Å². The maximum Gasteiger partial charge on any atom is 0.416 e. The first-order valence-electron chi connectivity index (χ1n) is 8.04. The highest BCUT2D eigenvalue weighted by Gasteiger charge is 2.31. The Balaban J connectivity index is 1.63. The molecule has 10 heteroatoms. The summed E-state index contributed by atoms with van der Waals surface area (Å²) in [5.41, 5.74) is -0.744. The Morgan fingerprint density at radius 2 is 2.15 bits per heavy atom. The number of hydrogen-bond acceptors (Lipinski definition) is 5. The molecule has 3 rings (SSSR count). The average molecular weight is 405 g/mol. The van der Waals surface area contributed by atoms with E-state index in [1.807, 2.05) is 5.38 Å². The van der Waals surface area contributed by atoms with Crippen LogP contribution in [0.4, 0.5) is 18.3 Å².